The molecule has 7 nitrogen and oxygen atoms in total. The maximum atomic E-state index is 12.1. The average molecular weight is 411 g/mol. The fourth-order valence-corrected chi connectivity index (χ4v) is 3.11. The number of carbonyl (C=O) groups excluding carboxylic acids is 2. The summed E-state index contributed by atoms with van der Waals surface area (Å²) in [5, 5.41) is 2.67. The molecule has 8 heteroatoms. The van der Waals surface area contributed by atoms with Gasteiger partial charge in [0, 0.05) is 17.2 Å². The van der Waals surface area contributed by atoms with Gasteiger partial charge in [0.25, 0.3) is 0 Å². The zero-order valence-corrected chi connectivity index (χ0v) is 16.4. The molecule has 0 aliphatic heterocycles. The van der Waals surface area contributed by atoms with Crippen LogP contribution in [0, 0.1) is 0 Å². The third-order valence-corrected chi connectivity index (χ3v) is 4.71. The Hall–Kier alpha value is -3.39. The molecule has 3 N–H and O–H groups in total. The lowest BCUT2D eigenvalue weighted by atomic mass is 10.3. The first-order chi connectivity index (χ1) is 14.2. The van der Waals surface area contributed by atoms with Gasteiger partial charge in [-0.05, 0) is 36.4 Å². The molecule has 2 aromatic carbocycles. The molecule has 3 aromatic rings. The predicted octanol–water partition coefficient (Wildman–Crippen LogP) is 3.59. The minimum atomic E-state index is -0.551. The molecule has 0 radical (unpaired) electrons. The van der Waals surface area contributed by atoms with Crippen molar-refractivity contribution in [2.75, 3.05) is 12.3 Å². The zero-order chi connectivity index (χ0) is 20.3. The first-order valence-electron chi connectivity index (χ1n) is 8.99. The Morgan fingerprint density at radius 2 is 1.62 bits per heavy atom. The molecule has 3 amide bonds. The van der Waals surface area contributed by atoms with Gasteiger partial charge in [-0.1, -0.05) is 36.4 Å². The van der Waals surface area contributed by atoms with E-state index in [0.29, 0.717) is 23.8 Å². The number of urea groups is 1. The van der Waals surface area contributed by atoms with Crippen molar-refractivity contribution in [3.05, 3.63) is 84.3 Å². The van der Waals surface area contributed by atoms with Crippen molar-refractivity contribution in [3.63, 3.8) is 0 Å². The summed E-state index contributed by atoms with van der Waals surface area (Å²) in [4.78, 5) is 24.9. The Labute approximate surface area is 172 Å². The highest BCUT2D eigenvalue weighted by molar-refractivity contribution is 7.99. The summed E-state index contributed by atoms with van der Waals surface area (Å²) in [6.45, 7) is 0.660. The van der Waals surface area contributed by atoms with Crippen LogP contribution in [0.15, 0.2) is 82.1 Å². The molecule has 1 heterocycles. The molecule has 0 aliphatic rings. The van der Waals surface area contributed by atoms with Crippen LogP contribution in [-0.2, 0) is 6.61 Å². The Morgan fingerprint density at radius 1 is 0.897 bits per heavy atom. The van der Waals surface area contributed by atoms with Crippen LogP contribution in [-0.4, -0.2) is 24.2 Å². The molecule has 0 fully saturated rings. The first kappa shape index (κ1) is 20.3. The number of rotatable bonds is 8. The van der Waals surface area contributed by atoms with Crippen LogP contribution in [0.1, 0.15) is 16.3 Å². The zero-order valence-electron chi connectivity index (χ0n) is 15.6. The van der Waals surface area contributed by atoms with Gasteiger partial charge in [0.1, 0.15) is 18.1 Å². The molecule has 0 bridgehead atoms. The van der Waals surface area contributed by atoms with E-state index in [1.54, 1.807) is 17.8 Å². The fourth-order valence-electron chi connectivity index (χ4n) is 2.32. The van der Waals surface area contributed by atoms with Gasteiger partial charge in [-0.2, -0.15) is 0 Å². The van der Waals surface area contributed by atoms with Crippen molar-refractivity contribution < 1.29 is 18.7 Å². The Kier molecular flexibility index (Phi) is 7.59. The van der Waals surface area contributed by atoms with Gasteiger partial charge in [0.05, 0.1) is 0 Å². The highest BCUT2D eigenvalue weighted by Gasteiger charge is 2.12. The minimum absolute atomic E-state index is 0.0802. The van der Waals surface area contributed by atoms with Crippen LogP contribution in [0.25, 0.3) is 0 Å². The number of hydrogen-bond donors (Lipinski definition) is 3. The molecule has 0 spiro atoms. The number of ether oxygens (including phenoxy) is 1. The second-order valence-electron chi connectivity index (χ2n) is 5.86. The highest BCUT2D eigenvalue weighted by Crippen LogP contribution is 2.16. The lowest BCUT2D eigenvalue weighted by Gasteiger charge is -2.08. The van der Waals surface area contributed by atoms with Crippen LogP contribution in [0.2, 0.25) is 0 Å². The summed E-state index contributed by atoms with van der Waals surface area (Å²) < 4.78 is 11.0. The van der Waals surface area contributed by atoms with E-state index in [1.165, 1.54) is 6.07 Å². The van der Waals surface area contributed by atoms with Crippen molar-refractivity contribution >= 4 is 23.7 Å². The SMILES string of the molecule is O=C(NCCSc1ccccc1)NNC(=O)c1ccc(COc2ccccc2)o1. The largest absolute Gasteiger partial charge is 0.486 e. The topological polar surface area (TPSA) is 92.6 Å². The summed E-state index contributed by atoms with van der Waals surface area (Å²) in [6, 6.07) is 21.9. The molecule has 150 valence electrons. The number of furan rings is 1. The summed E-state index contributed by atoms with van der Waals surface area (Å²) in [7, 11) is 0. The van der Waals surface area contributed by atoms with Crippen LogP contribution in [0.3, 0.4) is 0 Å². The molecule has 0 atom stereocenters. The molecule has 0 saturated heterocycles. The van der Waals surface area contributed by atoms with Gasteiger partial charge in [0.2, 0.25) is 0 Å². The van der Waals surface area contributed by atoms with Gasteiger partial charge in [-0.25, -0.2) is 10.2 Å². The predicted molar refractivity (Wildman–Crippen MR) is 111 cm³/mol. The van der Waals surface area contributed by atoms with Crippen LogP contribution < -0.4 is 20.9 Å². The minimum Gasteiger partial charge on any atom is -0.486 e. The van der Waals surface area contributed by atoms with E-state index in [1.807, 2.05) is 60.7 Å². The smallest absolute Gasteiger partial charge is 0.333 e. The molecule has 29 heavy (non-hydrogen) atoms. The van der Waals surface area contributed by atoms with E-state index >= 15 is 0 Å². The number of nitrogens with one attached hydrogen (secondary N) is 3. The van der Waals surface area contributed by atoms with E-state index < -0.39 is 11.9 Å². The van der Waals surface area contributed by atoms with Crippen LogP contribution >= 0.6 is 11.8 Å². The molecule has 0 aliphatic carbocycles. The summed E-state index contributed by atoms with van der Waals surface area (Å²) in [6.07, 6.45) is 0. The van der Waals surface area contributed by atoms with E-state index in [4.69, 9.17) is 9.15 Å². The Morgan fingerprint density at radius 3 is 2.38 bits per heavy atom. The number of amides is 3. The molecule has 1 aromatic heterocycles. The molecule has 3 rings (SSSR count). The second kappa shape index (κ2) is 10.8. The van der Waals surface area contributed by atoms with Crippen molar-refractivity contribution in [1.29, 1.82) is 0 Å². The number of hydrazine groups is 1. The molecular formula is C21H21N3O4S. The van der Waals surface area contributed by atoms with Crippen molar-refractivity contribution in [3.8, 4) is 5.75 Å². The van der Waals surface area contributed by atoms with Crippen molar-refractivity contribution in [2.24, 2.45) is 0 Å². The van der Waals surface area contributed by atoms with Gasteiger partial charge >= 0.3 is 11.9 Å². The molecular weight excluding hydrogens is 390 g/mol. The lowest BCUT2D eigenvalue weighted by Crippen LogP contribution is -2.47. The van der Waals surface area contributed by atoms with Crippen molar-refractivity contribution in [2.45, 2.75) is 11.5 Å². The van der Waals surface area contributed by atoms with E-state index in [-0.39, 0.29) is 12.4 Å². The summed E-state index contributed by atoms with van der Waals surface area (Å²) in [5.74, 6) is 1.45. The van der Waals surface area contributed by atoms with Gasteiger partial charge in [-0.3, -0.25) is 10.2 Å². The van der Waals surface area contributed by atoms with Gasteiger partial charge in [-0.15, -0.1) is 11.8 Å². The van der Waals surface area contributed by atoms with Gasteiger partial charge in [0.15, 0.2) is 5.76 Å². The molecule has 0 unspecified atom stereocenters. The normalized spacial score (nSPS) is 10.2. The van der Waals surface area contributed by atoms with Crippen LogP contribution in [0.5, 0.6) is 5.75 Å². The average Bonchev–Trinajstić information content (AvgIpc) is 3.24. The van der Waals surface area contributed by atoms with E-state index in [9.17, 15) is 9.59 Å². The Bertz CT molecular complexity index is 916. The summed E-state index contributed by atoms with van der Waals surface area (Å²) >= 11 is 1.63. The lowest BCUT2D eigenvalue weighted by molar-refractivity contribution is 0.0904. The highest BCUT2D eigenvalue weighted by atomic mass is 32.2. The van der Waals surface area contributed by atoms with Gasteiger partial charge < -0.3 is 14.5 Å². The second-order valence-corrected chi connectivity index (χ2v) is 7.03. The monoisotopic (exact) mass is 411 g/mol. The van der Waals surface area contributed by atoms with Crippen molar-refractivity contribution in [1.82, 2.24) is 16.2 Å². The number of hydrogen-bond acceptors (Lipinski definition) is 5. The van der Waals surface area contributed by atoms with E-state index in [0.717, 1.165) is 4.90 Å². The van der Waals surface area contributed by atoms with Crippen LogP contribution in [0.4, 0.5) is 4.79 Å². The standard InChI is InChI=1S/C21H21N3O4S/c25-20(19-12-11-17(28-19)15-27-16-7-3-1-4-8-16)23-24-21(26)22-13-14-29-18-9-5-2-6-10-18/h1-12H,13-15H2,(H,23,25)(H2,22,24,26). The first-order valence-corrected chi connectivity index (χ1v) is 9.98. The quantitative estimate of drug-likeness (QED) is 0.299. The maximum absolute atomic E-state index is 12.1. The maximum Gasteiger partial charge on any atom is 0.333 e. The number of thioether (sulfide) groups is 1. The number of para-hydroxylation sites is 1. The Balaban J connectivity index is 1.33. The third-order valence-electron chi connectivity index (χ3n) is 3.70. The number of carbonyl (C=O) groups is 2. The fraction of sp³-hybridized carbons (Fsp3) is 0.143. The number of benzene rings is 2. The third kappa shape index (κ3) is 6.93. The molecule has 0 saturated carbocycles. The van der Waals surface area contributed by atoms with E-state index in [2.05, 4.69) is 16.2 Å². The summed E-state index contributed by atoms with van der Waals surface area (Å²) in [5.41, 5.74) is 4.60.